The largest absolute Gasteiger partial charge is 0.349 e. The van der Waals surface area contributed by atoms with E-state index in [2.05, 4.69) is 50.4 Å². The Hall–Kier alpha value is -1.06. The second kappa shape index (κ2) is 8.94. The van der Waals surface area contributed by atoms with E-state index in [1.165, 1.54) is 5.56 Å². The molecule has 0 aromatic heterocycles. The summed E-state index contributed by atoms with van der Waals surface area (Å²) in [6.45, 7) is 6.76. The van der Waals surface area contributed by atoms with Crippen molar-refractivity contribution in [1.29, 1.82) is 0 Å². The molecule has 0 spiro atoms. The lowest BCUT2D eigenvalue weighted by Crippen LogP contribution is -2.32. The fourth-order valence-corrected chi connectivity index (χ4v) is 1.97. The van der Waals surface area contributed by atoms with E-state index in [1.807, 2.05) is 0 Å². The minimum Gasteiger partial charge on any atom is -0.349 e. The SMILES string of the molecule is CCc1ccc(C(NC(=O)CCN)C(C)C)cc1.Cl. The molecule has 0 saturated carbocycles. The Labute approximate surface area is 122 Å². The fraction of sp³-hybridized carbons (Fsp3) is 0.533. The van der Waals surface area contributed by atoms with Crippen molar-refractivity contribution in [2.24, 2.45) is 11.7 Å². The standard InChI is InChI=1S/C15H24N2O.ClH/c1-4-12-5-7-13(8-6-12)15(11(2)3)17-14(18)9-10-16;/h5-8,11,15H,4,9-10,16H2,1-3H3,(H,17,18);1H. The number of carbonyl (C=O) groups is 1. The number of hydrogen-bond donors (Lipinski definition) is 2. The summed E-state index contributed by atoms with van der Waals surface area (Å²) in [6, 6.07) is 8.52. The average Bonchev–Trinajstić information content (AvgIpc) is 2.36. The molecule has 1 aromatic rings. The summed E-state index contributed by atoms with van der Waals surface area (Å²) in [5.74, 6) is 0.384. The second-order valence-corrected chi connectivity index (χ2v) is 4.92. The zero-order chi connectivity index (χ0) is 13.5. The number of nitrogens with one attached hydrogen (secondary N) is 1. The van der Waals surface area contributed by atoms with Gasteiger partial charge < -0.3 is 11.1 Å². The highest BCUT2D eigenvalue weighted by atomic mass is 35.5. The summed E-state index contributed by atoms with van der Waals surface area (Å²) < 4.78 is 0. The molecule has 0 aliphatic rings. The maximum Gasteiger partial charge on any atom is 0.221 e. The van der Waals surface area contributed by atoms with E-state index >= 15 is 0 Å². The van der Waals surface area contributed by atoms with E-state index in [4.69, 9.17) is 5.73 Å². The van der Waals surface area contributed by atoms with E-state index in [-0.39, 0.29) is 24.4 Å². The van der Waals surface area contributed by atoms with Gasteiger partial charge >= 0.3 is 0 Å². The first-order chi connectivity index (χ1) is 8.58. The second-order valence-electron chi connectivity index (χ2n) is 4.92. The molecule has 0 radical (unpaired) electrons. The molecule has 3 nitrogen and oxygen atoms in total. The van der Waals surface area contributed by atoms with Crippen LogP contribution < -0.4 is 11.1 Å². The predicted molar refractivity (Wildman–Crippen MR) is 82.5 cm³/mol. The Morgan fingerprint density at radius 1 is 1.26 bits per heavy atom. The molecule has 1 amide bonds. The molecule has 3 N–H and O–H groups in total. The Bertz CT molecular complexity index is 376. The van der Waals surface area contributed by atoms with Crippen LogP contribution in [-0.2, 0) is 11.2 Å². The lowest BCUT2D eigenvalue weighted by Gasteiger charge is -2.23. The molecule has 1 atom stereocenters. The third kappa shape index (κ3) is 5.62. The lowest BCUT2D eigenvalue weighted by atomic mass is 9.94. The Morgan fingerprint density at radius 2 is 1.84 bits per heavy atom. The number of benzene rings is 1. The molecular weight excluding hydrogens is 260 g/mol. The van der Waals surface area contributed by atoms with Gasteiger partial charge in [0.25, 0.3) is 0 Å². The zero-order valence-corrected chi connectivity index (χ0v) is 12.8. The monoisotopic (exact) mass is 284 g/mol. The van der Waals surface area contributed by atoms with Crippen LogP contribution in [0.25, 0.3) is 0 Å². The first-order valence-corrected chi connectivity index (χ1v) is 6.66. The van der Waals surface area contributed by atoms with Gasteiger partial charge in [0.15, 0.2) is 0 Å². The summed E-state index contributed by atoms with van der Waals surface area (Å²) in [4.78, 5) is 11.7. The highest BCUT2D eigenvalue weighted by Crippen LogP contribution is 2.22. The summed E-state index contributed by atoms with van der Waals surface area (Å²) >= 11 is 0. The minimum atomic E-state index is 0. The van der Waals surface area contributed by atoms with Crippen molar-refractivity contribution in [3.8, 4) is 0 Å². The minimum absolute atomic E-state index is 0. The first kappa shape index (κ1) is 17.9. The first-order valence-electron chi connectivity index (χ1n) is 6.66. The number of amides is 1. The van der Waals surface area contributed by atoms with Gasteiger partial charge in [0.05, 0.1) is 6.04 Å². The number of rotatable bonds is 6. The third-order valence-electron chi connectivity index (χ3n) is 3.10. The lowest BCUT2D eigenvalue weighted by molar-refractivity contribution is -0.122. The molecule has 4 heteroatoms. The number of halogens is 1. The molecule has 0 aliphatic heterocycles. The molecule has 19 heavy (non-hydrogen) atoms. The molecule has 1 unspecified atom stereocenters. The Kier molecular flexibility index (Phi) is 8.44. The predicted octanol–water partition coefficient (Wildman–Crippen LogP) is 2.83. The van der Waals surface area contributed by atoms with Gasteiger partial charge in [-0.05, 0) is 23.5 Å². The molecule has 108 valence electrons. The topological polar surface area (TPSA) is 55.1 Å². The summed E-state index contributed by atoms with van der Waals surface area (Å²) in [5.41, 5.74) is 7.87. The highest BCUT2D eigenvalue weighted by Gasteiger charge is 2.17. The van der Waals surface area contributed by atoms with E-state index in [0.29, 0.717) is 18.9 Å². The van der Waals surface area contributed by atoms with Crippen molar-refractivity contribution >= 4 is 18.3 Å². The molecule has 0 saturated heterocycles. The summed E-state index contributed by atoms with van der Waals surface area (Å²) in [5, 5.41) is 3.05. The maximum absolute atomic E-state index is 11.7. The van der Waals surface area contributed by atoms with Crippen molar-refractivity contribution in [1.82, 2.24) is 5.32 Å². The van der Waals surface area contributed by atoms with E-state index in [0.717, 1.165) is 12.0 Å². The van der Waals surface area contributed by atoms with E-state index in [9.17, 15) is 4.79 Å². The highest BCUT2D eigenvalue weighted by molar-refractivity contribution is 5.85. The van der Waals surface area contributed by atoms with E-state index < -0.39 is 0 Å². The molecule has 1 aromatic carbocycles. The smallest absolute Gasteiger partial charge is 0.221 e. The van der Waals surface area contributed by atoms with Crippen LogP contribution in [0, 0.1) is 5.92 Å². The molecule has 0 bridgehead atoms. The van der Waals surface area contributed by atoms with Crippen LogP contribution in [0.3, 0.4) is 0 Å². The molecule has 0 heterocycles. The van der Waals surface area contributed by atoms with Crippen molar-refractivity contribution in [2.75, 3.05) is 6.54 Å². The van der Waals surface area contributed by atoms with Crippen LogP contribution in [0.15, 0.2) is 24.3 Å². The molecule has 0 aliphatic carbocycles. The van der Waals surface area contributed by atoms with Gasteiger partial charge in [-0.2, -0.15) is 0 Å². The van der Waals surface area contributed by atoms with Gasteiger partial charge in [0, 0.05) is 13.0 Å². The molecule has 0 fully saturated rings. The molecular formula is C15H25ClN2O. The van der Waals surface area contributed by atoms with Crippen molar-refractivity contribution in [2.45, 2.75) is 39.7 Å². The fourth-order valence-electron chi connectivity index (χ4n) is 1.97. The van der Waals surface area contributed by atoms with Crippen LogP contribution in [-0.4, -0.2) is 12.5 Å². The molecule has 1 rings (SSSR count). The van der Waals surface area contributed by atoms with Crippen LogP contribution >= 0.6 is 12.4 Å². The Balaban J connectivity index is 0.00000324. The average molecular weight is 285 g/mol. The quantitative estimate of drug-likeness (QED) is 0.844. The van der Waals surface area contributed by atoms with Crippen molar-refractivity contribution in [3.63, 3.8) is 0 Å². The normalized spacial score (nSPS) is 11.8. The number of aryl methyl sites for hydroxylation is 1. The van der Waals surface area contributed by atoms with Crippen molar-refractivity contribution in [3.05, 3.63) is 35.4 Å². The van der Waals surface area contributed by atoms with Crippen LogP contribution in [0.4, 0.5) is 0 Å². The maximum atomic E-state index is 11.7. The Morgan fingerprint density at radius 3 is 2.26 bits per heavy atom. The summed E-state index contributed by atoms with van der Waals surface area (Å²) in [6.07, 6.45) is 1.42. The van der Waals surface area contributed by atoms with Gasteiger partial charge in [-0.15, -0.1) is 12.4 Å². The zero-order valence-electron chi connectivity index (χ0n) is 12.0. The summed E-state index contributed by atoms with van der Waals surface area (Å²) in [7, 11) is 0. The van der Waals surface area contributed by atoms with Crippen molar-refractivity contribution < 1.29 is 4.79 Å². The van der Waals surface area contributed by atoms with Crippen LogP contribution in [0.2, 0.25) is 0 Å². The number of carbonyl (C=O) groups excluding carboxylic acids is 1. The van der Waals surface area contributed by atoms with Gasteiger partial charge in [0.1, 0.15) is 0 Å². The number of hydrogen-bond acceptors (Lipinski definition) is 2. The van der Waals surface area contributed by atoms with Gasteiger partial charge in [-0.25, -0.2) is 0 Å². The number of nitrogens with two attached hydrogens (primary N) is 1. The third-order valence-corrected chi connectivity index (χ3v) is 3.10. The van der Waals surface area contributed by atoms with Gasteiger partial charge in [-0.3, -0.25) is 4.79 Å². The van der Waals surface area contributed by atoms with Gasteiger partial charge in [0.2, 0.25) is 5.91 Å². The van der Waals surface area contributed by atoms with Crippen LogP contribution in [0.5, 0.6) is 0 Å². The van der Waals surface area contributed by atoms with Gasteiger partial charge in [-0.1, -0.05) is 45.0 Å². The van der Waals surface area contributed by atoms with Crippen LogP contribution in [0.1, 0.15) is 44.4 Å². The van der Waals surface area contributed by atoms with E-state index in [1.54, 1.807) is 0 Å².